The number of aromatic nitrogens is 1. The number of carbonyl (C=O) groups excluding carboxylic acids is 1. The Bertz CT molecular complexity index is 1040. The topological polar surface area (TPSA) is 52.3 Å². The third-order valence-corrected chi connectivity index (χ3v) is 3.92. The molecule has 122 valence electrons. The molecule has 0 fully saturated rings. The SMILES string of the molecule is O=C(/C=C/c1nc2ccccc2o1)OCc1cccc2ccccc12. The predicted molar refractivity (Wildman–Crippen MR) is 96.8 cm³/mol. The average Bonchev–Trinajstić information content (AvgIpc) is 3.07. The summed E-state index contributed by atoms with van der Waals surface area (Å²) in [4.78, 5) is 16.2. The van der Waals surface area contributed by atoms with Crippen LogP contribution in [0, 0.1) is 0 Å². The molecule has 0 radical (unpaired) electrons. The molecular weight excluding hydrogens is 314 g/mol. The molecule has 0 saturated carbocycles. The first-order valence-electron chi connectivity index (χ1n) is 7.97. The van der Waals surface area contributed by atoms with Crippen LogP contribution < -0.4 is 0 Å². The standard InChI is InChI=1S/C21H15NO3/c23-21(13-12-20-22-18-10-3-4-11-19(18)25-20)24-14-16-8-5-7-15-6-1-2-9-17(15)16/h1-13H,14H2/b13-12+. The number of ether oxygens (including phenoxy) is 1. The Morgan fingerprint density at radius 1 is 1.00 bits per heavy atom. The first kappa shape index (κ1) is 15.1. The number of fused-ring (bicyclic) bond motifs is 2. The summed E-state index contributed by atoms with van der Waals surface area (Å²) in [7, 11) is 0. The molecule has 0 aliphatic carbocycles. The van der Waals surface area contributed by atoms with Crippen molar-refractivity contribution in [2.24, 2.45) is 0 Å². The number of carbonyl (C=O) groups is 1. The number of para-hydroxylation sites is 2. The van der Waals surface area contributed by atoms with E-state index in [1.165, 1.54) is 12.2 Å². The minimum Gasteiger partial charge on any atom is -0.458 e. The zero-order valence-corrected chi connectivity index (χ0v) is 13.4. The molecule has 0 bridgehead atoms. The van der Waals surface area contributed by atoms with Crippen LogP contribution in [0.3, 0.4) is 0 Å². The number of esters is 1. The number of benzene rings is 3. The maximum Gasteiger partial charge on any atom is 0.331 e. The molecule has 0 atom stereocenters. The molecule has 0 amide bonds. The van der Waals surface area contributed by atoms with Crippen LogP contribution in [0.1, 0.15) is 11.5 Å². The highest BCUT2D eigenvalue weighted by atomic mass is 16.5. The van der Waals surface area contributed by atoms with Gasteiger partial charge in [-0.1, -0.05) is 54.6 Å². The van der Waals surface area contributed by atoms with Crippen molar-refractivity contribution in [2.45, 2.75) is 6.61 Å². The molecule has 4 rings (SSSR count). The van der Waals surface area contributed by atoms with Gasteiger partial charge in [-0.05, 0) is 28.5 Å². The van der Waals surface area contributed by atoms with Gasteiger partial charge in [-0.2, -0.15) is 0 Å². The Morgan fingerprint density at radius 2 is 1.80 bits per heavy atom. The van der Waals surface area contributed by atoms with E-state index in [4.69, 9.17) is 9.15 Å². The van der Waals surface area contributed by atoms with Crippen molar-refractivity contribution in [1.29, 1.82) is 0 Å². The lowest BCUT2D eigenvalue weighted by Crippen LogP contribution is -2.01. The fourth-order valence-electron chi connectivity index (χ4n) is 2.72. The highest BCUT2D eigenvalue weighted by Gasteiger charge is 2.05. The molecule has 1 heterocycles. The molecule has 0 aliphatic heterocycles. The van der Waals surface area contributed by atoms with Crippen LogP contribution >= 0.6 is 0 Å². The largest absolute Gasteiger partial charge is 0.458 e. The maximum atomic E-state index is 12.0. The van der Waals surface area contributed by atoms with E-state index < -0.39 is 5.97 Å². The van der Waals surface area contributed by atoms with E-state index in [0.29, 0.717) is 11.5 Å². The molecule has 0 unspecified atom stereocenters. The normalized spacial score (nSPS) is 11.4. The molecule has 0 N–H and O–H groups in total. The second-order valence-electron chi connectivity index (χ2n) is 5.60. The second kappa shape index (κ2) is 6.61. The van der Waals surface area contributed by atoms with Gasteiger partial charge in [0.15, 0.2) is 5.58 Å². The maximum absolute atomic E-state index is 12.0. The predicted octanol–water partition coefficient (Wildman–Crippen LogP) is 4.74. The first-order valence-corrected chi connectivity index (χ1v) is 7.97. The third-order valence-electron chi connectivity index (χ3n) is 3.92. The van der Waals surface area contributed by atoms with E-state index >= 15 is 0 Å². The van der Waals surface area contributed by atoms with Crippen molar-refractivity contribution in [3.63, 3.8) is 0 Å². The minimum absolute atomic E-state index is 0.220. The lowest BCUT2D eigenvalue weighted by molar-refractivity contribution is -0.138. The van der Waals surface area contributed by atoms with Crippen LogP contribution in [0.15, 0.2) is 77.2 Å². The number of nitrogens with zero attached hydrogens (tertiary/aromatic N) is 1. The molecular formula is C21H15NO3. The van der Waals surface area contributed by atoms with Crippen LogP contribution in [0.2, 0.25) is 0 Å². The highest BCUT2D eigenvalue weighted by molar-refractivity contribution is 5.88. The van der Waals surface area contributed by atoms with Gasteiger partial charge in [-0.15, -0.1) is 0 Å². The zero-order chi connectivity index (χ0) is 17.1. The quantitative estimate of drug-likeness (QED) is 0.401. The molecule has 3 aromatic carbocycles. The van der Waals surface area contributed by atoms with E-state index in [2.05, 4.69) is 4.98 Å². The second-order valence-corrected chi connectivity index (χ2v) is 5.60. The van der Waals surface area contributed by atoms with Gasteiger partial charge in [0.05, 0.1) is 0 Å². The summed E-state index contributed by atoms with van der Waals surface area (Å²) < 4.78 is 10.9. The summed E-state index contributed by atoms with van der Waals surface area (Å²) in [6.45, 7) is 0.220. The van der Waals surface area contributed by atoms with E-state index in [0.717, 1.165) is 21.9 Å². The summed E-state index contributed by atoms with van der Waals surface area (Å²) >= 11 is 0. The Labute approximate surface area is 144 Å². The van der Waals surface area contributed by atoms with Crippen LogP contribution in [0.5, 0.6) is 0 Å². The van der Waals surface area contributed by atoms with E-state index in [1.54, 1.807) is 0 Å². The lowest BCUT2D eigenvalue weighted by Gasteiger charge is -2.06. The molecule has 1 aromatic heterocycles. The number of hydrogen-bond acceptors (Lipinski definition) is 4. The van der Waals surface area contributed by atoms with Gasteiger partial charge in [0.2, 0.25) is 5.89 Å². The summed E-state index contributed by atoms with van der Waals surface area (Å²) in [5.41, 5.74) is 2.42. The van der Waals surface area contributed by atoms with E-state index in [-0.39, 0.29) is 6.61 Å². The van der Waals surface area contributed by atoms with Gasteiger partial charge >= 0.3 is 5.97 Å². The van der Waals surface area contributed by atoms with Gasteiger partial charge < -0.3 is 9.15 Å². The molecule has 0 aliphatic rings. The molecule has 0 spiro atoms. The molecule has 4 nitrogen and oxygen atoms in total. The monoisotopic (exact) mass is 329 g/mol. The number of hydrogen-bond donors (Lipinski definition) is 0. The Kier molecular flexibility index (Phi) is 4.01. The van der Waals surface area contributed by atoms with Crippen LogP contribution in [0.25, 0.3) is 27.9 Å². The first-order chi connectivity index (χ1) is 12.3. The van der Waals surface area contributed by atoms with Crippen LogP contribution in [-0.2, 0) is 16.1 Å². The van der Waals surface area contributed by atoms with Gasteiger partial charge in [0.1, 0.15) is 12.1 Å². The van der Waals surface area contributed by atoms with Crippen molar-refractivity contribution >= 4 is 33.9 Å². The smallest absolute Gasteiger partial charge is 0.331 e. The van der Waals surface area contributed by atoms with Crippen molar-refractivity contribution in [2.75, 3.05) is 0 Å². The molecule has 4 aromatic rings. The van der Waals surface area contributed by atoms with Crippen molar-refractivity contribution in [3.8, 4) is 0 Å². The van der Waals surface area contributed by atoms with Crippen LogP contribution in [0.4, 0.5) is 0 Å². The molecule has 0 saturated heterocycles. The van der Waals surface area contributed by atoms with Gasteiger partial charge in [0, 0.05) is 12.2 Å². The minimum atomic E-state index is -0.435. The zero-order valence-electron chi connectivity index (χ0n) is 13.4. The van der Waals surface area contributed by atoms with Gasteiger partial charge in [0.25, 0.3) is 0 Å². The molecule has 25 heavy (non-hydrogen) atoms. The summed E-state index contributed by atoms with van der Waals surface area (Å²) in [6.07, 6.45) is 2.85. The Hall–Kier alpha value is -3.40. The third kappa shape index (κ3) is 3.28. The fourth-order valence-corrected chi connectivity index (χ4v) is 2.72. The van der Waals surface area contributed by atoms with Crippen molar-refractivity contribution in [1.82, 2.24) is 4.98 Å². The number of oxazole rings is 1. The lowest BCUT2D eigenvalue weighted by atomic mass is 10.1. The Morgan fingerprint density at radius 3 is 2.72 bits per heavy atom. The summed E-state index contributed by atoms with van der Waals surface area (Å²) in [6, 6.07) is 21.4. The fraction of sp³-hybridized carbons (Fsp3) is 0.0476. The summed E-state index contributed by atoms with van der Waals surface area (Å²) in [5.74, 6) is -0.0569. The molecule has 4 heteroatoms. The van der Waals surface area contributed by atoms with Crippen LogP contribution in [-0.4, -0.2) is 11.0 Å². The average molecular weight is 329 g/mol. The van der Waals surface area contributed by atoms with Gasteiger partial charge in [-0.3, -0.25) is 0 Å². The highest BCUT2D eigenvalue weighted by Crippen LogP contribution is 2.19. The van der Waals surface area contributed by atoms with Crippen molar-refractivity contribution < 1.29 is 13.9 Å². The van der Waals surface area contributed by atoms with E-state index in [9.17, 15) is 4.79 Å². The number of rotatable bonds is 4. The van der Waals surface area contributed by atoms with E-state index in [1.807, 2.05) is 66.7 Å². The Balaban J connectivity index is 1.45. The van der Waals surface area contributed by atoms with Crippen molar-refractivity contribution in [3.05, 3.63) is 84.3 Å². The summed E-state index contributed by atoms with van der Waals surface area (Å²) in [5, 5.41) is 2.21. The van der Waals surface area contributed by atoms with Gasteiger partial charge in [-0.25, -0.2) is 9.78 Å².